The molecular formula is C14H18N6O. The third kappa shape index (κ3) is 5.27. The van der Waals surface area contributed by atoms with Gasteiger partial charge >= 0.3 is 0 Å². The van der Waals surface area contributed by atoms with Gasteiger partial charge in [-0.25, -0.2) is 0 Å². The molecule has 1 rings (SSSR count). The van der Waals surface area contributed by atoms with Gasteiger partial charge in [0.1, 0.15) is 0 Å². The number of carbonyl (C=O) groups is 1. The van der Waals surface area contributed by atoms with Crippen LogP contribution in [0, 0.1) is 10.8 Å². The van der Waals surface area contributed by atoms with Crippen LogP contribution in [0.5, 0.6) is 0 Å². The summed E-state index contributed by atoms with van der Waals surface area (Å²) in [5, 5.41) is 20.5. The number of para-hydroxylation sites is 1. The standard InChI is InChI=1S/C14H18N6O/c15-6-8-19-20-13-4-2-1-3-12(13)14(21)18-7-5-11(9-16)10-17/h1-4,6,8-10,15-16,20H,5,7,17H2,(H,18,21)/b11-10-,15-6?,16-9?,19-8-. The Bertz CT molecular complexity index is 564. The number of rotatable bonds is 8. The molecule has 0 saturated heterocycles. The predicted molar refractivity (Wildman–Crippen MR) is 85.3 cm³/mol. The Morgan fingerprint density at radius 2 is 2.10 bits per heavy atom. The van der Waals surface area contributed by atoms with Gasteiger partial charge in [0.2, 0.25) is 0 Å². The summed E-state index contributed by atoms with van der Waals surface area (Å²) >= 11 is 0. The minimum Gasteiger partial charge on any atom is -0.404 e. The van der Waals surface area contributed by atoms with Crippen molar-refractivity contribution in [3.63, 3.8) is 0 Å². The van der Waals surface area contributed by atoms with Crippen LogP contribution in [-0.2, 0) is 0 Å². The van der Waals surface area contributed by atoms with Gasteiger partial charge in [-0.1, -0.05) is 12.1 Å². The lowest BCUT2D eigenvalue weighted by Crippen LogP contribution is -2.25. The number of benzene rings is 1. The normalized spacial score (nSPS) is 11.1. The van der Waals surface area contributed by atoms with Crippen molar-refractivity contribution in [3.05, 3.63) is 41.6 Å². The van der Waals surface area contributed by atoms with Gasteiger partial charge in [-0.15, -0.1) is 0 Å². The molecule has 0 radical (unpaired) electrons. The summed E-state index contributed by atoms with van der Waals surface area (Å²) in [6, 6.07) is 6.93. The van der Waals surface area contributed by atoms with Gasteiger partial charge in [-0.2, -0.15) is 5.10 Å². The second-order valence-corrected chi connectivity index (χ2v) is 3.99. The fourth-order valence-corrected chi connectivity index (χ4v) is 1.54. The fraction of sp³-hybridized carbons (Fsp3) is 0.143. The van der Waals surface area contributed by atoms with Gasteiger partial charge in [-0.05, 0) is 30.3 Å². The van der Waals surface area contributed by atoms with E-state index in [-0.39, 0.29) is 5.91 Å². The summed E-state index contributed by atoms with van der Waals surface area (Å²) in [5.41, 5.74) is 9.69. The largest absolute Gasteiger partial charge is 0.404 e. The maximum Gasteiger partial charge on any atom is 0.253 e. The number of hydrogen-bond acceptors (Lipinski definition) is 6. The van der Waals surface area contributed by atoms with Crippen LogP contribution >= 0.6 is 0 Å². The van der Waals surface area contributed by atoms with Crippen LogP contribution in [0.4, 0.5) is 5.69 Å². The van der Waals surface area contributed by atoms with E-state index in [1.807, 2.05) is 0 Å². The summed E-state index contributed by atoms with van der Waals surface area (Å²) in [6.45, 7) is 0.384. The van der Waals surface area contributed by atoms with Gasteiger partial charge in [0, 0.05) is 19.0 Å². The molecule has 6 N–H and O–H groups in total. The number of anilines is 1. The van der Waals surface area contributed by atoms with Crippen molar-refractivity contribution in [2.45, 2.75) is 6.42 Å². The van der Waals surface area contributed by atoms with E-state index < -0.39 is 0 Å². The van der Waals surface area contributed by atoms with E-state index in [2.05, 4.69) is 15.8 Å². The van der Waals surface area contributed by atoms with Crippen molar-refractivity contribution in [3.8, 4) is 0 Å². The maximum atomic E-state index is 12.1. The Hall–Kier alpha value is -2.96. The van der Waals surface area contributed by atoms with Gasteiger partial charge in [0.25, 0.3) is 5.91 Å². The van der Waals surface area contributed by atoms with Crippen molar-refractivity contribution in [1.29, 1.82) is 10.8 Å². The molecule has 7 nitrogen and oxygen atoms in total. The summed E-state index contributed by atoms with van der Waals surface area (Å²) in [4.78, 5) is 12.1. The lowest BCUT2D eigenvalue weighted by molar-refractivity contribution is 0.0955. The summed E-state index contributed by atoms with van der Waals surface area (Å²) in [6.07, 6.45) is 5.31. The highest BCUT2D eigenvalue weighted by atomic mass is 16.1. The van der Waals surface area contributed by atoms with Gasteiger partial charge in [0.05, 0.1) is 17.5 Å². The number of amides is 1. The molecule has 0 saturated carbocycles. The van der Waals surface area contributed by atoms with Crippen LogP contribution in [0.1, 0.15) is 16.8 Å². The molecule has 1 aromatic rings. The van der Waals surface area contributed by atoms with Crippen LogP contribution in [0.25, 0.3) is 0 Å². The molecule has 1 aromatic carbocycles. The molecule has 0 aromatic heterocycles. The molecular weight excluding hydrogens is 268 g/mol. The topological polar surface area (TPSA) is 127 Å². The SMILES string of the molecule is N=C/C=N\Nc1ccccc1C(=O)NCC/C(C=N)=C/N. The number of carbonyl (C=O) groups excluding carboxylic acids is 1. The summed E-state index contributed by atoms with van der Waals surface area (Å²) in [7, 11) is 0. The number of hydrogen-bond donors (Lipinski definition) is 5. The molecule has 0 bridgehead atoms. The summed E-state index contributed by atoms with van der Waals surface area (Å²) in [5.74, 6) is -0.246. The van der Waals surface area contributed by atoms with Crippen LogP contribution in [0.3, 0.4) is 0 Å². The second-order valence-electron chi connectivity index (χ2n) is 3.99. The molecule has 0 unspecified atom stereocenters. The lowest BCUT2D eigenvalue weighted by atomic mass is 10.1. The zero-order valence-corrected chi connectivity index (χ0v) is 11.5. The van der Waals surface area contributed by atoms with Crippen molar-refractivity contribution in [2.24, 2.45) is 10.8 Å². The number of nitrogens with two attached hydrogens (primary N) is 1. The van der Waals surface area contributed by atoms with Crippen molar-refractivity contribution >= 4 is 30.2 Å². The molecule has 0 aliphatic heterocycles. The number of nitrogens with one attached hydrogen (secondary N) is 4. The maximum absolute atomic E-state index is 12.1. The first-order valence-electron chi connectivity index (χ1n) is 6.29. The van der Waals surface area contributed by atoms with Crippen LogP contribution in [0.2, 0.25) is 0 Å². The number of hydrazone groups is 1. The van der Waals surface area contributed by atoms with Crippen molar-refractivity contribution in [1.82, 2.24) is 5.32 Å². The average Bonchev–Trinajstić information content (AvgIpc) is 2.52. The first-order chi connectivity index (χ1) is 10.2. The van der Waals surface area contributed by atoms with E-state index in [0.29, 0.717) is 29.8 Å². The molecule has 0 heterocycles. The first-order valence-corrected chi connectivity index (χ1v) is 6.29. The van der Waals surface area contributed by atoms with E-state index in [1.54, 1.807) is 24.3 Å². The van der Waals surface area contributed by atoms with E-state index in [9.17, 15) is 4.79 Å². The zero-order valence-electron chi connectivity index (χ0n) is 11.5. The Kier molecular flexibility index (Phi) is 6.92. The molecule has 110 valence electrons. The summed E-state index contributed by atoms with van der Waals surface area (Å²) < 4.78 is 0. The smallest absolute Gasteiger partial charge is 0.253 e. The molecule has 0 atom stereocenters. The Morgan fingerprint density at radius 3 is 2.76 bits per heavy atom. The van der Waals surface area contributed by atoms with Crippen LogP contribution in [0.15, 0.2) is 41.1 Å². The van der Waals surface area contributed by atoms with Gasteiger partial charge < -0.3 is 21.9 Å². The highest BCUT2D eigenvalue weighted by Crippen LogP contribution is 2.14. The fourth-order valence-electron chi connectivity index (χ4n) is 1.54. The minimum absolute atomic E-state index is 0.246. The van der Waals surface area contributed by atoms with Gasteiger partial charge in [0.15, 0.2) is 0 Å². The molecule has 0 fully saturated rings. The van der Waals surface area contributed by atoms with Gasteiger partial charge in [-0.3, -0.25) is 10.2 Å². The average molecular weight is 286 g/mol. The first kappa shape index (κ1) is 16.1. The number of nitrogens with zero attached hydrogens (tertiary/aromatic N) is 1. The third-order valence-electron chi connectivity index (χ3n) is 2.60. The van der Waals surface area contributed by atoms with E-state index >= 15 is 0 Å². The minimum atomic E-state index is -0.246. The van der Waals surface area contributed by atoms with Crippen molar-refractivity contribution in [2.75, 3.05) is 12.0 Å². The Morgan fingerprint density at radius 1 is 1.33 bits per heavy atom. The third-order valence-corrected chi connectivity index (χ3v) is 2.60. The molecule has 7 heteroatoms. The Balaban J connectivity index is 2.67. The molecule has 0 aliphatic carbocycles. The predicted octanol–water partition coefficient (Wildman–Crippen LogP) is 1.35. The zero-order chi connectivity index (χ0) is 15.5. The molecule has 21 heavy (non-hydrogen) atoms. The quantitative estimate of drug-likeness (QED) is 0.365. The Labute approximate surface area is 122 Å². The molecule has 0 aliphatic rings. The second kappa shape index (κ2) is 9.03. The van der Waals surface area contributed by atoms with E-state index in [1.165, 1.54) is 12.4 Å². The van der Waals surface area contributed by atoms with E-state index in [4.69, 9.17) is 16.6 Å². The molecule has 1 amide bonds. The monoisotopic (exact) mass is 286 g/mol. The highest BCUT2D eigenvalue weighted by molar-refractivity contribution is 6.14. The van der Waals surface area contributed by atoms with Crippen molar-refractivity contribution < 1.29 is 4.79 Å². The van der Waals surface area contributed by atoms with Crippen LogP contribution in [-0.4, -0.2) is 31.1 Å². The lowest BCUT2D eigenvalue weighted by Gasteiger charge is -2.09. The highest BCUT2D eigenvalue weighted by Gasteiger charge is 2.09. The van der Waals surface area contributed by atoms with Crippen LogP contribution < -0.4 is 16.5 Å². The van der Waals surface area contributed by atoms with E-state index in [0.717, 1.165) is 12.4 Å². The molecule has 0 spiro atoms.